The van der Waals surface area contributed by atoms with Crippen LogP contribution >= 0.6 is 0 Å². The fourth-order valence-electron chi connectivity index (χ4n) is 1.83. The van der Waals surface area contributed by atoms with Gasteiger partial charge in [-0.3, -0.25) is 0 Å². The first kappa shape index (κ1) is 17.8. The van der Waals surface area contributed by atoms with Crippen molar-refractivity contribution in [2.75, 3.05) is 13.1 Å². The van der Waals surface area contributed by atoms with Crippen LogP contribution in [-0.4, -0.2) is 36.8 Å². The van der Waals surface area contributed by atoms with Gasteiger partial charge in [0.1, 0.15) is 0 Å². The molecule has 0 spiro atoms. The number of nitrogens with one attached hydrogen (secondary N) is 1. The van der Waals surface area contributed by atoms with E-state index >= 15 is 0 Å². The van der Waals surface area contributed by atoms with Gasteiger partial charge < -0.3 is 5.32 Å². The summed E-state index contributed by atoms with van der Waals surface area (Å²) in [5.41, 5.74) is 0.966. The van der Waals surface area contributed by atoms with E-state index in [0.717, 1.165) is 12.0 Å². The van der Waals surface area contributed by atoms with Gasteiger partial charge in [-0.1, -0.05) is 32.9 Å². The second-order valence-electron chi connectivity index (χ2n) is 5.19. The van der Waals surface area contributed by atoms with Gasteiger partial charge in [-0.15, -0.1) is 6.58 Å². The van der Waals surface area contributed by atoms with Gasteiger partial charge in [0.05, 0.1) is 0 Å². The summed E-state index contributed by atoms with van der Waals surface area (Å²) in [7, 11) is -3.54. The van der Waals surface area contributed by atoms with Crippen LogP contribution < -0.4 is 5.32 Å². The zero-order valence-corrected chi connectivity index (χ0v) is 13.9. The highest BCUT2D eigenvalue weighted by atomic mass is 32.2. The zero-order valence-electron chi connectivity index (χ0n) is 13.0. The highest BCUT2D eigenvalue weighted by molar-refractivity contribution is 7.89. The summed E-state index contributed by atoms with van der Waals surface area (Å²) in [6.07, 6.45) is 3.96. The molecule has 5 nitrogen and oxygen atoms in total. The monoisotopic (exact) mass is 311 g/mol. The summed E-state index contributed by atoms with van der Waals surface area (Å²) in [5.74, 6) is 0. The Morgan fingerprint density at radius 3 is 2.62 bits per heavy atom. The highest BCUT2D eigenvalue weighted by Gasteiger charge is 2.23. The number of sulfonamides is 1. The molecule has 0 aliphatic rings. The lowest BCUT2D eigenvalue weighted by Gasteiger charge is -2.19. The Labute approximate surface area is 128 Å². The van der Waals surface area contributed by atoms with Crippen LogP contribution in [0.3, 0.4) is 0 Å². The van der Waals surface area contributed by atoms with E-state index in [1.165, 1.54) is 4.31 Å². The molecule has 1 aromatic heterocycles. The zero-order chi connectivity index (χ0) is 15.9. The van der Waals surface area contributed by atoms with Crippen molar-refractivity contribution in [1.82, 2.24) is 14.6 Å². The van der Waals surface area contributed by atoms with E-state index in [2.05, 4.69) is 30.7 Å². The second-order valence-corrected chi connectivity index (χ2v) is 7.08. The van der Waals surface area contributed by atoms with Crippen LogP contribution in [0.2, 0.25) is 0 Å². The minimum atomic E-state index is -3.54. The van der Waals surface area contributed by atoms with Crippen molar-refractivity contribution in [3.05, 3.63) is 36.5 Å². The van der Waals surface area contributed by atoms with E-state index in [4.69, 9.17) is 0 Å². The van der Waals surface area contributed by atoms with Crippen LogP contribution in [0.1, 0.15) is 32.8 Å². The number of hydrogen-bond donors (Lipinski definition) is 1. The van der Waals surface area contributed by atoms with E-state index < -0.39 is 10.0 Å². The molecule has 21 heavy (non-hydrogen) atoms. The fraction of sp³-hybridized carbons (Fsp3) is 0.533. The third kappa shape index (κ3) is 5.22. The predicted molar refractivity (Wildman–Crippen MR) is 85.5 cm³/mol. The van der Waals surface area contributed by atoms with Gasteiger partial charge in [-0.05, 0) is 18.1 Å². The Morgan fingerprint density at radius 2 is 2.14 bits per heavy atom. The molecule has 0 radical (unpaired) electrons. The minimum absolute atomic E-state index is 0.0890. The van der Waals surface area contributed by atoms with Crippen molar-refractivity contribution < 1.29 is 8.42 Å². The molecule has 0 bridgehead atoms. The minimum Gasteiger partial charge on any atom is -0.310 e. The number of nitrogens with zero attached hydrogens (tertiary/aromatic N) is 2. The molecule has 1 N–H and O–H groups in total. The largest absolute Gasteiger partial charge is 0.310 e. The molecule has 1 rings (SSSR count). The van der Waals surface area contributed by atoms with Crippen molar-refractivity contribution in [1.29, 1.82) is 0 Å². The summed E-state index contributed by atoms with van der Waals surface area (Å²) < 4.78 is 26.4. The highest BCUT2D eigenvalue weighted by Crippen LogP contribution is 2.14. The normalized spacial score (nSPS) is 12.0. The molecule has 0 amide bonds. The smallest absolute Gasteiger partial charge is 0.260 e. The number of aromatic nitrogens is 1. The van der Waals surface area contributed by atoms with Gasteiger partial charge in [0.25, 0.3) is 10.0 Å². The summed E-state index contributed by atoms with van der Waals surface area (Å²) in [4.78, 5) is 4.11. The molecular formula is C15H25N3O2S. The first-order valence-electron chi connectivity index (χ1n) is 7.21. The maximum atomic E-state index is 12.5. The second kappa shape index (κ2) is 8.26. The fourth-order valence-corrected chi connectivity index (χ4v) is 3.24. The Kier molecular flexibility index (Phi) is 7.01. The van der Waals surface area contributed by atoms with E-state index in [1.54, 1.807) is 24.4 Å². The predicted octanol–water partition coefficient (Wildman–Crippen LogP) is 2.17. The third-order valence-electron chi connectivity index (χ3n) is 2.92. The van der Waals surface area contributed by atoms with Crippen molar-refractivity contribution in [3.8, 4) is 0 Å². The van der Waals surface area contributed by atoms with Gasteiger partial charge in [-0.25, -0.2) is 13.4 Å². The molecule has 0 aliphatic carbocycles. The van der Waals surface area contributed by atoms with Crippen molar-refractivity contribution in [2.24, 2.45) is 0 Å². The van der Waals surface area contributed by atoms with E-state index in [-0.39, 0.29) is 5.03 Å². The molecule has 0 aliphatic heterocycles. The molecule has 0 saturated heterocycles. The molecule has 0 aromatic carbocycles. The summed E-state index contributed by atoms with van der Waals surface area (Å²) >= 11 is 0. The average Bonchev–Trinajstić information content (AvgIpc) is 2.45. The van der Waals surface area contributed by atoms with Crippen LogP contribution in [0, 0.1) is 0 Å². The van der Waals surface area contributed by atoms with Crippen molar-refractivity contribution in [3.63, 3.8) is 0 Å². The Hall–Kier alpha value is -1.24. The summed E-state index contributed by atoms with van der Waals surface area (Å²) in [6, 6.07) is 3.74. The average molecular weight is 311 g/mol. The van der Waals surface area contributed by atoms with Gasteiger partial charge in [0, 0.05) is 31.9 Å². The molecule has 1 aromatic rings. The molecule has 0 unspecified atom stereocenters. The third-order valence-corrected chi connectivity index (χ3v) is 4.70. The molecule has 0 atom stereocenters. The topological polar surface area (TPSA) is 62.3 Å². The lowest BCUT2D eigenvalue weighted by Crippen LogP contribution is -2.32. The number of rotatable bonds is 9. The quantitative estimate of drug-likeness (QED) is 0.710. The number of hydrogen-bond acceptors (Lipinski definition) is 4. The summed E-state index contributed by atoms with van der Waals surface area (Å²) in [6.45, 7) is 11.1. The molecule has 6 heteroatoms. The Morgan fingerprint density at radius 1 is 1.43 bits per heavy atom. The van der Waals surface area contributed by atoms with Crippen molar-refractivity contribution in [2.45, 2.75) is 44.8 Å². The SMILES string of the molecule is C=CCN(CCC)S(=O)(=O)c1ccc(CNC(C)C)cn1. The van der Waals surface area contributed by atoms with Crippen LogP contribution in [0.5, 0.6) is 0 Å². The maximum absolute atomic E-state index is 12.5. The standard InChI is InChI=1S/C15H25N3O2S/c1-5-9-18(10-6-2)21(19,20)15-8-7-14(12-17-15)11-16-13(3)4/h5,7-8,12-13,16H,1,6,9-11H2,2-4H3. The van der Waals surface area contributed by atoms with Gasteiger partial charge in [-0.2, -0.15) is 4.31 Å². The van der Waals surface area contributed by atoms with E-state index in [0.29, 0.717) is 25.7 Å². The van der Waals surface area contributed by atoms with Crippen LogP contribution in [0.25, 0.3) is 0 Å². The first-order valence-corrected chi connectivity index (χ1v) is 8.65. The Balaban J connectivity index is 2.90. The van der Waals surface area contributed by atoms with Crippen LogP contribution in [0.15, 0.2) is 36.0 Å². The van der Waals surface area contributed by atoms with Crippen LogP contribution in [-0.2, 0) is 16.6 Å². The molecule has 0 fully saturated rings. The molecule has 118 valence electrons. The van der Waals surface area contributed by atoms with Crippen molar-refractivity contribution >= 4 is 10.0 Å². The lowest BCUT2D eigenvalue weighted by atomic mass is 10.2. The molecule has 0 saturated carbocycles. The Bertz CT molecular complexity index is 539. The lowest BCUT2D eigenvalue weighted by molar-refractivity contribution is 0.439. The molecular weight excluding hydrogens is 286 g/mol. The summed E-state index contributed by atoms with van der Waals surface area (Å²) in [5, 5.41) is 3.36. The van der Waals surface area contributed by atoms with Crippen LogP contribution in [0.4, 0.5) is 0 Å². The van der Waals surface area contributed by atoms with Gasteiger partial charge >= 0.3 is 0 Å². The van der Waals surface area contributed by atoms with E-state index in [9.17, 15) is 8.42 Å². The molecule has 1 heterocycles. The first-order chi connectivity index (χ1) is 9.91. The van der Waals surface area contributed by atoms with Gasteiger partial charge in [0.15, 0.2) is 5.03 Å². The van der Waals surface area contributed by atoms with Gasteiger partial charge in [0.2, 0.25) is 0 Å². The van der Waals surface area contributed by atoms with E-state index in [1.807, 2.05) is 6.92 Å². The number of pyridine rings is 1. The maximum Gasteiger partial charge on any atom is 0.260 e.